The fourth-order valence-electron chi connectivity index (χ4n) is 4.78. The molecule has 4 aliphatic rings. The largest absolute Gasteiger partial charge is 0.379 e. The lowest BCUT2D eigenvalue weighted by atomic mass is 10.1. The smallest absolute Gasteiger partial charge is 0.156 e. The van der Waals surface area contributed by atoms with Crippen LogP contribution in [0.5, 0.6) is 0 Å². The van der Waals surface area contributed by atoms with Gasteiger partial charge in [0.1, 0.15) is 0 Å². The second kappa shape index (κ2) is 8.54. The lowest BCUT2D eigenvalue weighted by molar-refractivity contribution is -0.250. The highest BCUT2D eigenvalue weighted by atomic mass is 32.2. The van der Waals surface area contributed by atoms with E-state index in [-0.39, 0.29) is 5.79 Å². The molecule has 0 radical (unpaired) electrons. The Labute approximate surface area is 158 Å². The number of nitrogens with zero attached hydrogens (tertiary/aromatic N) is 4. The van der Waals surface area contributed by atoms with Crippen LogP contribution in [0.15, 0.2) is 0 Å². The number of piperidine rings is 1. The van der Waals surface area contributed by atoms with Crippen LogP contribution in [-0.4, -0.2) is 112 Å². The highest BCUT2D eigenvalue weighted by molar-refractivity contribution is 7.99. The molecule has 4 fully saturated rings. The first-order valence-corrected chi connectivity index (χ1v) is 12.5. The van der Waals surface area contributed by atoms with E-state index < -0.39 is 10.8 Å². The Kier molecular flexibility index (Phi) is 6.37. The predicted octanol–water partition coefficient (Wildman–Crippen LogP) is 0.486. The third-order valence-electron chi connectivity index (χ3n) is 6.01. The monoisotopic (exact) mass is 388 g/mol. The number of hydrazine groups is 1. The molecule has 4 heterocycles. The van der Waals surface area contributed by atoms with E-state index in [0.717, 1.165) is 70.5 Å². The summed E-state index contributed by atoms with van der Waals surface area (Å²) in [6, 6.07) is 0. The highest BCUT2D eigenvalue weighted by Gasteiger charge is 2.53. The van der Waals surface area contributed by atoms with Crippen LogP contribution < -0.4 is 0 Å². The summed E-state index contributed by atoms with van der Waals surface area (Å²) in [4.78, 5) is 5.27. The third-order valence-corrected chi connectivity index (χ3v) is 8.30. The second-order valence-electron chi connectivity index (χ2n) is 7.40. The molecule has 25 heavy (non-hydrogen) atoms. The number of morpholine rings is 1. The molecule has 0 aromatic rings. The zero-order chi connectivity index (χ0) is 17.1. The van der Waals surface area contributed by atoms with Gasteiger partial charge >= 0.3 is 0 Å². The van der Waals surface area contributed by atoms with E-state index in [0.29, 0.717) is 0 Å². The van der Waals surface area contributed by atoms with Crippen molar-refractivity contribution < 1.29 is 8.95 Å². The molecule has 144 valence electrons. The molecule has 6 nitrogen and oxygen atoms in total. The van der Waals surface area contributed by atoms with Crippen molar-refractivity contribution in [3.8, 4) is 0 Å². The molecule has 0 amide bonds. The number of hydrogen-bond acceptors (Lipinski definition) is 7. The number of thioether (sulfide) groups is 1. The second-order valence-corrected chi connectivity index (χ2v) is 10.2. The van der Waals surface area contributed by atoms with Gasteiger partial charge in [0.15, 0.2) is 5.79 Å². The van der Waals surface area contributed by atoms with Crippen LogP contribution in [0.3, 0.4) is 0 Å². The Bertz CT molecular complexity index is 446. The van der Waals surface area contributed by atoms with Gasteiger partial charge in [-0.3, -0.25) is 14.0 Å². The topological polar surface area (TPSA) is 39.3 Å². The summed E-state index contributed by atoms with van der Waals surface area (Å²) in [7, 11) is -0.736. The van der Waals surface area contributed by atoms with Crippen LogP contribution in [0.4, 0.5) is 0 Å². The fraction of sp³-hybridized carbons (Fsp3) is 1.00. The Morgan fingerprint density at radius 1 is 0.840 bits per heavy atom. The van der Waals surface area contributed by atoms with E-state index in [2.05, 4.69) is 31.6 Å². The molecule has 0 spiro atoms. The van der Waals surface area contributed by atoms with Crippen molar-refractivity contribution in [1.29, 1.82) is 0 Å². The van der Waals surface area contributed by atoms with Gasteiger partial charge in [-0.25, -0.2) is 10.0 Å². The van der Waals surface area contributed by atoms with Gasteiger partial charge in [0.25, 0.3) is 0 Å². The van der Waals surface area contributed by atoms with Gasteiger partial charge in [0.2, 0.25) is 0 Å². The molecule has 8 heteroatoms. The molecular formula is C17H32N4O2S2. The maximum atomic E-state index is 12.8. The van der Waals surface area contributed by atoms with Crippen LogP contribution in [0, 0.1) is 0 Å². The summed E-state index contributed by atoms with van der Waals surface area (Å²) in [6.45, 7) is 8.93. The zero-order valence-corrected chi connectivity index (χ0v) is 16.9. The lowest BCUT2D eigenvalue weighted by Crippen LogP contribution is -2.79. The Hall–Kier alpha value is 0.300. The molecule has 0 saturated carbocycles. The average Bonchev–Trinajstić information content (AvgIpc) is 2.70. The first kappa shape index (κ1) is 18.7. The fourth-order valence-corrected chi connectivity index (χ4v) is 7.13. The first-order chi connectivity index (χ1) is 12.3. The number of ether oxygens (including phenoxy) is 1. The SMILES string of the molecule is O=S1CCN(N2CCSCC2)C(N2CCCCC2)(N2CCOCC2)C1. The summed E-state index contributed by atoms with van der Waals surface area (Å²) in [5.41, 5.74) is 0. The lowest BCUT2D eigenvalue weighted by Gasteiger charge is -2.61. The van der Waals surface area contributed by atoms with Crippen molar-refractivity contribution >= 4 is 22.6 Å². The number of hydrogen-bond donors (Lipinski definition) is 0. The summed E-state index contributed by atoms with van der Waals surface area (Å²) in [5.74, 6) is 3.78. The summed E-state index contributed by atoms with van der Waals surface area (Å²) in [5, 5.41) is 5.21. The molecule has 4 aliphatic heterocycles. The van der Waals surface area contributed by atoms with E-state index in [1.165, 1.54) is 30.8 Å². The maximum Gasteiger partial charge on any atom is 0.156 e. The number of likely N-dealkylation sites (tertiary alicyclic amines) is 1. The minimum absolute atomic E-state index is 0.199. The summed E-state index contributed by atoms with van der Waals surface area (Å²) >= 11 is 2.06. The van der Waals surface area contributed by atoms with Gasteiger partial charge in [-0.15, -0.1) is 0 Å². The molecule has 2 unspecified atom stereocenters. The average molecular weight is 389 g/mol. The van der Waals surface area contributed by atoms with Crippen LogP contribution in [0.25, 0.3) is 0 Å². The van der Waals surface area contributed by atoms with E-state index in [9.17, 15) is 4.21 Å². The van der Waals surface area contributed by atoms with E-state index in [4.69, 9.17) is 4.74 Å². The van der Waals surface area contributed by atoms with E-state index >= 15 is 0 Å². The number of rotatable bonds is 3. The van der Waals surface area contributed by atoms with Crippen LogP contribution in [0.1, 0.15) is 19.3 Å². The maximum absolute atomic E-state index is 12.8. The highest BCUT2D eigenvalue weighted by Crippen LogP contribution is 2.35. The molecule has 0 bridgehead atoms. The zero-order valence-electron chi connectivity index (χ0n) is 15.2. The molecule has 0 aromatic carbocycles. The van der Waals surface area contributed by atoms with Crippen molar-refractivity contribution in [3.05, 3.63) is 0 Å². The molecule has 0 aliphatic carbocycles. The Morgan fingerprint density at radius 3 is 2.24 bits per heavy atom. The molecule has 2 atom stereocenters. The van der Waals surface area contributed by atoms with Crippen molar-refractivity contribution in [2.75, 3.05) is 82.0 Å². The predicted molar refractivity (Wildman–Crippen MR) is 104 cm³/mol. The van der Waals surface area contributed by atoms with Gasteiger partial charge in [-0.05, 0) is 12.8 Å². The molecule has 0 aromatic heterocycles. The molecule has 0 N–H and O–H groups in total. The Morgan fingerprint density at radius 2 is 1.52 bits per heavy atom. The minimum atomic E-state index is -0.736. The van der Waals surface area contributed by atoms with Crippen molar-refractivity contribution in [2.24, 2.45) is 0 Å². The van der Waals surface area contributed by atoms with Gasteiger partial charge in [-0.1, -0.05) is 6.42 Å². The molecule has 4 rings (SSSR count). The van der Waals surface area contributed by atoms with Crippen molar-refractivity contribution in [3.63, 3.8) is 0 Å². The van der Waals surface area contributed by atoms with Gasteiger partial charge < -0.3 is 4.74 Å². The van der Waals surface area contributed by atoms with Crippen molar-refractivity contribution in [2.45, 2.75) is 25.0 Å². The summed E-state index contributed by atoms with van der Waals surface area (Å²) in [6.07, 6.45) is 3.87. The van der Waals surface area contributed by atoms with Crippen molar-refractivity contribution in [1.82, 2.24) is 19.8 Å². The Balaban J connectivity index is 1.68. The van der Waals surface area contributed by atoms with Gasteiger partial charge in [0, 0.05) is 73.9 Å². The molecular weight excluding hydrogens is 356 g/mol. The summed E-state index contributed by atoms with van der Waals surface area (Å²) < 4.78 is 18.4. The van der Waals surface area contributed by atoms with Crippen LogP contribution in [0.2, 0.25) is 0 Å². The van der Waals surface area contributed by atoms with Crippen LogP contribution >= 0.6 is 11.8 Å². The first-order valence-electron chi connectivity index (χ1n) is 9.84. The normalized spacial score (nSPS) is 38.0. The quantitative estimate of drug-likeness (QED) is 0.697. The van der Waals surface area contributed by atoms with Crippen LogP contribution in [-0.2, 0) is 15.5 Å². The van der Waals surface area contributed by atoms with E-state index in [1.807, 2.05) is 0 Å². The van der Waals surface area contributed by atoms with E-state index in [1.54, 1.807) is 0 Å². The van der Waals surface area contributed by atoms with Gasteiger partial charge in [0.05, 0.1) is 19.0 Å². The standard InChI is InChI=1S/C17H32N4O2S2/c22-25-15-10-21(20-8-13-24-14-9-20)17(16-25,18-4-2-1-3-5-18)19-6-11-23-12-7-19/h1-16H2. The van der Waals surface area contributed by atoms with Gasteiger partial charge in [-0.2, -0.15) is 11.8 Å². The third kappa shape index (κ3) is 3.81. The molecule has 4 saturated heterocycles. The minimum Gasteiger partial charge on any atom is -0.379 e.